The molecule has 0 spiro atoms. The van der Waals surface area contributed by atoms with Gasteiger partial charge in [0, 0.05) is 29.8 Å². The van der Waals surface area contributed by atoms with Crippen LogP contribution in [0.5, 0.6) is 11.5 Å². The number of aromatic nitrogens is 2. The lowest BCUT2D eigenvalue weighted by Crippen LogP contribution is -2.01. The van der Waals surface area contributed by atoms with Gasteiger partial charge in [-0.05, 0) is 19.1 Å². The van der Waals surface area contributed by atoms with Crippen molar-refractivity contribution in [3.05, 3.63) is 42.0 Å². The maximum absolute atomic E-state index is 12.4. The van der Waals surface area contributed by atoms with Crippen LogP contribution in [0.15, 0.2) is 35.5 Å². The average molecular weight is 304 g/mol. The number of fused-ring (bicyclic) bond motifs is 1. The van der Waals surface area contributed by atoms with E-state index >= 15 is 0 Å². The molecule has 0 fully saturated rings. The Morgan fingerprint density at radius 3 is 2.71 bits per heavy atom. The monoisotopic (exact) mass is 304 g/mol. The molecule has 6 heteroatoms. The quantitative estimate of drug-likeness (QED) is 0.870. The largest absolute Gasteiger partial charge is 0.490 e. The summed E-state index contributed by atoms with van der Waals surface area (Å²) in [6, 6.07) is 5.42. The minimum Gasteiger partial charge on any atom is -0.490 e. The molecule has 5 nitrogen and oxygen atoms in total. The Labute approximate surface area is 125 Å². The minimum absolute atomic E-state index is 0.340. The predicted octanol–water partition coefficient (Wildman–Crippen LogP) is 2.25. The third kappa shape index (κ3) is 3.39. The van der Waals surface area contributed by atoms with Crippen molar-refractivity contribution in [1.82, 2.24) is 9.97 Å². The first-order valence-electron chi connectivity index (χ1n) is 6.78. The van der Waals surface area contributed by atoms with Crippen molar-refractivity contribution in [2.45, 2.75) is 24.0 Å². The first kappa shape index (κ1) is 14.0. The van der Waals surface area contributed by atoms with Crippen molar-refractivity contribution in [3.63, 3.8) is 0 Å². The van der Waals surface area contributed by atoms with Crippen molar-refractivity contribution >= 4 is 10.8 Å². The van der Waals surface area contributed by atoms with Gasteiger partial charge in [0.2, 0.25) is 0 Å². The van der Waals surface area contributed by atoms with E-state index < -0.39 is 10.8 Å². The lowest BCUT2D eigenvalue weighted by molar-refractivity contribution is 0.297. The van der Waals surface area contributed by atoms with Gasteiger partial charge in [-0.1, -0.05) is 0 Å². The van der Waals surface area contributed by atoms with Gasteiger partial charge in [0.15, 0.2) is 11.5 Å². The second-order valence-corrected chi connectivity index (χ2v) is 6.25. The summed E-state index contributed by atoms with van der Waals surface area (Å²) in [7, 11) is -1.18. The van der Waals surface area contributed by atoms with Crippen LogP contribution in [0, 0.1) is 6.92 Å². The van der Waals surface area contributed by atoms with Crippen LogP contribution in [0.3, 0.4) is 0 Å². The smallest absolute Gasteiger partial charge is 0.162 e. The topological polar surface area (TPSA) is 61.3 Å². The first-order chi connectivity index (χ1) is 10.2. The molecule has 0 unspecified atom stereocenters. The molecule has 21 heavy (non-hydrogen) atoms. The highest BCUT2D eigenvalue weighted by Gasteiger charge is 2.14. The summed E-state index contributed by atoms with van der Waals surface area (Å²) in [5, 5.41) is 0. The molecule has 1 atom stereocenters. The number of nitrogens with zero attached hydrogens (tertiary/aromatic N) is 2. The number of ether oxygens (including phenoxy) is 2. The normalized spacial score (nSPS) is 15.3. The Bertz CT molecular complexity index is 658. The van der Waals surface area contributed by atoms with E-state index in [0.717, 1.165) is 12.1 Å². The molecular weight excluding hydrogens is 288 g/mol. The maximum Gasteiger partial charge on any atom is 0.162 e. The summed E-state index contributed by atoms with van der Waals surface area (Å²) in [5.41, 5.74) is 1.56. The molecule has 2 aromatic rings. The van der Waals surface area contributed by atoms with Gasteiger partial charge in [0.05, 0.1) is 41.2 Å². The molecule has 1 aromatic heterocycles. The Morgan fingerprint density at radius 1 is 1.14 bits per heavy atom. The first-order valence-corrected chi connectivity index (χ1v) is 8.10. The Kier molecular flexibility index (Phi) is 4.15. The third-order valence-electron chi connectivity index (χ3n) is 3.10. The molecule has 0 saturated carbocycles. The van der Waals surface area contributed by atoms with Crippen LogP contribution in [0.1, 0.15) is 17.8 Å². The molecule has 3 rings (SSSR count). The molecule has 0 saturated heterocycles. The highest BCUT2D eigenvalue weighted by atomic mass is 32.2. The summed E-state index contributed by atoms with van der Waals surface area (Å²) in [4.78, 5) is 9.11. The molecule has 0 aliphatic carbocycles. The number of aryl methyl sites for hydroxylation is 1. The summed E-state index contributed by atoms with van der Waals surface area (Å²) in [6.07, 6.45) is 4.20. The van der Waals surface area contributed by atoms with Gasteiger partial charge in [0.1, 0.15) is 0 Å². The van der Waals surface area contributed by atoms with Crippen molar-refractivity contribution in [2.75, 3.05) is 13.2 Å². The molecule has 0 bridgehead atoms. The molecule has 2 heterocycles. The minimum atomic E-state index is -1.18. The van der Waals surface area contributed by atoms with E-state index in [9.17, 15) is 4.21 Å². The zero-order valence-electron chi connectivity index (χ0n) is 11.7. The van der Waals surface area contributed by atoms with Crippen molar-refractivity contribution in [1.29, 1.82) is 0 Å². The molecule has 0 N–H and O–H groups in total. The Balaban J connectivity index is 1.78. The molecule has 1 aliphatic heterocycles. The van der Waals surface area contributed by atoms with Crippen molar-refractivity contribution in [3.8, 4) is 11.5 Å². The van der Waals surface area contributed by atoms with Crippen LogP contribution in [-0.2, 0) is 16.6 Å². The second kappa shape index (κ2) is 6.22. The van der Waals surface area contributed by atoms with Gasteiger partial charge < -0.3 is 9.47 Å². The van der Waals surface area contributed by atoms with E-state index in [2.05, 4.69) is 9.97 Å². The maximum atomic E-state index is 12.4. The van der Waals surface area contributed by atoms with E-state index in [1.165, 1.54) is 0 Å². The zero-order chi connectivity index (χ0) is 14.7. The summed E-state index contributed by atoms with van der Waals surface area (Å²) < 4.78 is 23.6. The second-order valence-electron chi connectivity index (χ2n) is 4.80. The highest BCUT2D eigenvalue weighted by molar-refractivity contribution is 7.84. The Morgan fingerprint density at radius 2 is 1.95 bits per heavy atom. The summed E-state index contributed by atoms with van der Waals surface area (Å²) in [5.74, 6) is 1.71. The highest BCUT2D eigenvalue weighted by Crippen LogP contribution is 2.31. The molecular formula is C15H16N2O3S. The van der Waals surface area contributed by atoms with Crippen LogP contribution in [0.25, 0.3) is 0 Å². The fraction of sp³-hybridized carbons (Fsp3) is 0.333. The summed E-state index contributed by atoms with van der Waals surface area (Å²) >= 11 is 0. The van der Waals surface area contributed by atoms with Crippen LogP contribution in [0.2, 0.25) is 0 Å². The third-order valence-corrected chi connectivity index (χ3v) is 4.43. The van der Waals surface area contributed by atoms with E-state index in [1.807, 2.05) is 19.1 Å². The van der Waals surface area contributed by atoms with Crippen LogP contribution in [-0.4, -0.2) is 27.4 Å². The van der Waals surface area contributed by atoms with Crippen LogP contribution in [0.4, 0.5) is 0 Å². The summed E-state index contributed by atoms with van der Waals surface area (Å²) in [6.45, 7) is 3.14. The van der Waals surface area contributed by atoms with Gasteiger partial charge in [-0.3, -0.25) is 14.2 Å². The Hall–Kier alpha value is -1.95. The molecule has 110 valence electrons. The molecule has 0 amide bonds. The molecule has 0 radical (unpaired) electrons. The van der Waals surface area contributed by atoms with Gasteiger partial charge in [-0.2, -0.15) is 0 Å². The van der Waals surface area contributed by atoms with Crippen molar-refractivity contribution < 1.29 is 13.7 Å². The van der Waals surface area contributed by atoms with E-state index in [1.54, 1.807) is 18.5 Å². The van der Waals surface area contributed by atoms with Gasteiger partial charge in [-0.15, -0.1) is 0 Å². The number of hydrogen-bond acceptors (Lipinski definition) is 5. The van der Waals surface area contributed by atoms with Gasteiger partial charge in [0.25, 0.3) is 0 Å². The van der Waals surface area contributed by atoms with E-state index in [-0.39, 0.29) is 0 Å². The van der Waals surface area contributed by atoms with Gasteiger partial charge in [-0.25, -0.2) is 0 Å². The van der Waals surface area contributed by atoms with E-state index in [4.69, 9.17) is 9.47 Å². The van der Waals surface area contributed by atoms with Crippen LogP contribution < -0.4 is 9.47 Å². The molecule has 1 aliphatic rings. The SMILES string of the molecule is Cc1cnc(C[S@@](=O)c2ccc3c(c2)OCCCO3)cn1. The lowest BCUT2D eigenvalue weighted by atomic mass is 10.3. The van der Waals surface area contributed by atoms with Crippen molar-refractivity contribution in [2.24, 2.45) is 0 Å². The average Bonchev–Trinajstić information content (AvgIpc) is 2.74. The molecule has 1 aromatic carbocycles. The number of benzene rings is 1. The zero-order valence-corrected chi connectivity index (χ0v) is 12.6. The number of hydrogen-bond donors (Lipinski definition) is 0. The van der Waals surface area contributed by atoms with Crippen LogP contribution >= 0.6 is 0 Å². The lowest BCUT2D eigenvalue weighted by Gasteiger charge is -2.09. The number of rotatable bonds is 3. The van der Waals surface area contributed by atoms with E-state index in [0.29, 0.717) is 41.1 Å². The predicted molar refractivity (Wildman–Crippen MR) is 78.9 cm³/mol. The van der Waals surface area contributed by atoms with Gasteiger partial charge >= 0.3 is 0 Å². The fourth-order valence-corrected chi connectivity index (χ4v) is 3.04. The fourth-order valence-electron chi connectivity index (χ4n) is 2.00. The standard InChI is InChI=1S/C15H16N2O3S/c1-11-8-17-12(9-16-11)10-21(18)13-3-4-14-15(7-13)20-6-2-5-19-14/h3-4,7-9H,2,5-6,10H2,1H3/t21-/m1/s1.